The summed E-state index contributed by atoms with van der Waals surface area (Å²) in [6.45, 7) is 1.59. The van der Waals surface area contributed by atoms with E-state index in [-0.39, 0.29) is 28.8 Å². The van der Waals surface area contributed by atoms with Gasteiger partial charge in [0.1, 0.15) is 0 Å². The first kappa shape index (κ1) is 21.8. The van der Waals surface area contributed by atoms with E-state index in [0.29, 0.717) is 5.69 Å². The van der Waals surface area contributed by atoms with Crippen LogP contribution in [0.2, 0.25) is 5.02 Å². The van der Waals surface area contributed by atoms with Gasteiger partial charge in [-0.15, -0.1) is 0 Å². The van der Waals surface area contributed by atoms with Crippen molar-refractivity contribution in [3.8, 4) is 0 Å². The summed E-state index contributed by atoms with van der Waals surface area (Å²) in [5.74, 6) is -0.735. The number of hydrogen-bond acceptors (Lipinski definition) is 5. The van der Waals surface area contributed by atoms with Gasteiger partial charge in [0.25, 0.3) is 5.69 Å². The molecule has 0 fully saturated rings. The molecule has 0 aromatic heterocycles. The maximum atomic E-state index is 12.5. The zero-order chi connectivity index (χ0) is 20.8. The maximum absolute atomic E-state index is 12.5. The number of hydrogen-bond donors (Lipinski definition) is 2. The zero-order valence-corrected chi connectivity index (χ0v) is 17.5. The van der Waals surface area contributed by atoms with Crippen molar-refractivity contribution < 1.29 is 14.5 Å². The number of nitrogens with zero attached hydrogens (tertiary/aromatic N) is 2. The second kappa shape index (κ2) is 9.63. The third kappa shape index (κ3) is 5.75. The quantitative estimate of drug-likeness (QED) is 0.472. The first-order valence-electron chi connectivity index (χ1n) is 8.18. The Hall–Kier alpha value is -2.49. The number of amides is 2. The van der Waals surface area contributed by atoms with Crippen molar-refractivity contribution in [1.29, 1.82) is 0 Å². The zero-order valence-electron chi connectivity index (χ0n) is 15.1. The SMILES string of the molecule is C[C@@H](C(=O)Nc1cc([N+](=O)[O-])ccc1Cl)N(C)CC(=O)Nc1ccccc1Br. The van der Waals surface area contributed by atoms with Gasteiger partial charge in [0.15, 0.2) is 0 Å². The molecule has 0 aliphatic rings. The molecule has 0 radical (unpaired) electrons. The van der Waals surface area contributed by atoms with Crippen molar-refractivity contribution in [3.05, 3.63) is 62.1 Å². The first-order valence-corrected chi connectivity index (χ1v) is 9.35. The van der Waals surface area contributed by atoms with Crippen molar-refractivity contribution in [1.82, 2.24) is 4.90 Å². The van der Waals surface area contributed by atoms with Gasteiger partial charge in [-0.3, -0.25) is 24.6 Å². The number of non-ortho nitro benzene ring substituents is 1. The van der Waals surface area contributed by atoms with Crippen molar-refractivity contribution >= 4 is 56.4 Å². The van der Waals surface area contributed by atoms with Crippen LogP contribution in [0.1, 0.15) is 6.92 Å². The van der Waals surface area contributed by atoms with Crippen LogP contribution in [0, 0.1) is 10.1 Å². The van der Waals surface area contributed by atoms with E-state index in [4.69, 9.17) is 11.6 Å². The molecular weight excluding hydrogens is 452 g/mol. The molecule has 2 amide bonds. The van der Waals surface area contributed by atoms with E-state index in [0.717, 1.165) is 4.47 Å². The monoisotopic (exact) mass is 468 g/mol. The second-order valence-corrected chi connectivity index (χ2v) is 7.29. The minimum Gasteiger partial charge on any atom is -0.324 e. The Morgan fingerprint density at radius 2 is 1.89 bits per heavy atom. The molecule has 0 bridgehead atoms. The Morgan fingerprint density at radius 1 is 1.21 bits per heavy atom. The molecule has 10 heteroatoms. The van der Waals surface area contributed by atoms with Gasteiger partial charge in [-0.25, -0.2) is 0 Å². The summed E-state index contributed by atoms with van der Waals surface area (Å²) in [7, 11) is 1.62. The number of nitrogens with one attached hydrogen (secondary N) is 2. The standard InChI is InChI=1S/C18H18BrClN4O4/c1-11(18(26)22-16-9-12(24(27)28)7-8-14(16)20)23(2)10-17(25)21-15-6-4-3-5-13(15)19/h3-9,11H,10H2,1-2H3,(H,21,25)(H,22,26)/t11-/m0/s1. The molecule has 0 saturated heterocycles. The molecule has 0 spiro atoms. The Morgan fingerprint density at radius 3 is 2.54 bits per heavy atom. The number of benzene rings is 2. The molecule has 2 rings (SSSR count). The van der Waals surface area contributed by atoms with Crippen LogP contribution in [0.15, 0.2) is 46.9 Å². The van der Waals surface area contributed by atoms with Crippen LogP contribution < -0.4 is 10.6 Å². The largest absolute Gasteiger partial charge is 0.324 e. The maximum Gasteiger partial charge on any atom is 0.271 e. The van der Waals surface area contributed by atoms with Gasteiger partial charge in [-0.05, 0) is 48.1 Å². The number of anilines is 2. The van der Waals surface area contributed by atoms with Crippen LogP contribution in [0.3, 0.4) is 0 Å². The average molecular weight is 470 g/mol. The van der Waals surface area contributed by atoms with Gasteiger partial charge in [0.05, 0.1) is 33.9 Å². The molecular formula is C18H18BrClN4O4. The van der Waals surface area contributed by atoms with Crippen LogP contribution >= 0.6 is 27.5 Å². The van der Waals surface area contributed by atoms with Crippen LogP contribution in [0.25, 0.3) is 0 Å². The molecule has 2 aromatic carbocycles. The minimum atomic E-state index is -0.680. The van der Waals surface area contributed by atoms with Crippen LogP contribution in [0.5, 0.6) is 0 Å². The predicted molar refractivity (Wildman–Crippen MR) is 112 cm³/mol. The fourth-order valence-corrected chi connectivity index (χ4v) is 2.82. The highest BCUT2D eigenvalue weighted by Crippen LogP contribution is 2.27. The van der Waals surface area contributed by atoms with Gasteiger partial charge in [0.2, 0.25) is 11.8 Å². The van der Waals surface area contributed by atoms with Crippen molar-refractivity contribution in [3.63, 3.8) is 0 Å². The van der Waals surface area contributed by atoms with E-state index in [1.165, 1.54) is 18.2 Å². The number of para-hydroxylation sites is 1. The van der Waals surface area contributed by atoms with E-state index < -0.39 is 16.9 Å². The lowest BCUT2D eigenvalue weighted by Crippen LogP contribution is -2.43. The summed E-state index contributed by atoms with van der Waals surface area (Å²) in [6.07, 6.45) is 0. The fourth-order valence-electron chi connectivity index (χ4n) is 2.28. The van der Waals surface area contributed by atoms with Crippen molar-refractivity contribution in [2.24, 2.45) is 0 Å². The third-order valence-corrected chi connectivity index (χ3v) is 5.02. The summed E-state index contributed by atoms with van der Waals surface area (Å²) in [6, 6.07) is 10.3. The van der Waals surface area contributed by atoms with E-state index in [9.17, 15) is 19.7 Å². The highest BCUT2D eigenvalue weighted by Gasteiger charge is 2.22. The van der Waals surface area contributed by atoms with Crippen LogP contribution in [-0.4, -0.2) is 41.3 Å². The normalized spacial score (nSPS) is 11.8. The Labute approximate surface area is 175 Å². The number of carbonyl (C=O) groups is 2. The number of rotatable bonds is 7. The smallest absolute Gasteiger partial charge is 0.271 e. The predicted octanol–water partition coefficient (Wildman–Crippen LogP) is 3.91. The van der Waals surface area contributed by atoms with Gasteiger partial charge < -0.3 is 10.6 Å². The van der Waals surface area contributed by atoms with E-state index in [1.807, 2.05) is 6.07 Å². The minimum absolute atomic E-state index is 0.0292. The summed E-state index contributed by atoms with van der Waals surface area (Å²) in [5.41, 5.74) is 0.577. The van der Waals surface area contributed by atoms with Crippen molar-refractivity contribution in [2.45, 2.75) is 13.0 Å². The topological polar surface area (TPSA) is 105 Å². The Bertz CT molecular complexity index is 909. The molecule has 2 aromatic rings. The number of nitro benzene ring substituents is 1. The number of nitro groups is 1. The molecule has 1 atom stereocenters. The summed E-state index contributed by atoms with van der Waals surface area (Å²) in [5, 5.41) is 16.4. The third-order valence-electron chi connectivity index (χ3n) is 4.00. The lowest BCUT2D eigenvalue weighted by Gasteiger charge is -2.23. The molecule has 8 nitrogen and oxygen atoms in total. The van der Waals surface area contributed by atoms with E-state index >= 15 is 0 Å². The lowest BCUT2D eigenvalue weighted by atomic mass is 10.2. The molecule has 148 valence electrons. The van der Waals surface area contributed by atoms with Gasteiger partial charge in [-0.1, -0.05) is 23.7 Å². The molecule has 2 N–H and O–H groups in total. The molecule has 28 heavy (non-hydrogen) atoms. The van der Waals surface area contributed by atoms with Crippen LogP contribution in [0.4, 0.5) is 17.1 Å². The average Bonchev–Trinajstić information content (AvgIpc) is 2.64. The van der Waals surface area contributed by atoms with Crippen molar-refractivity contribution in [2.75, 3.05) is 24.2 Å². The molecule has 0 aliphatic heterocycles. The highest BCUT2D eigenvalue weighted by molar-refractivity contribution is 9.10. The van der Waals surface area contributed by atoms with Gasteiger partial charge in [-0.2, -0.15) is 0 Å². The summed E-state index contributed by atoms with van der Waals surface area (Å²) >= 11 is 9.35. The summed E-state index contributed by atoms with van der Waals surface area (Å²) < 4.78 is 0.747. The number of likely N-dealkylation sites (N-methyl/N-ethyl adjacent to an activating group) is 1. The first-order chi connectivity index (χ1) is 13.2. The summed E-state index contributed by atoms with van der Waals surface area (Å²) in [4.78, 5) is 36.5. The molecule has 0 saturated carbocycles. The number of halogens is 2. The molecule has 0 unspecified atom stereocenters. The second-order valence-electron chi connectivity index (χ2n) is 6.03. The van der Waals surface area contributed by atoms with E-state index in [1.54, 1.807) is 37.1 Å². The highest BCUT2D eigenvalue weighted by atomic mass is 79.9. The molecule has 0 aliphatic carbocycles. The fraction of sp³-hybridized carbons (Fsp3) is 0.222. The van der Waals surface area contributed by atoms with Gasteiger partial charge in [0, 0.05) is 16.6 Å². The molecule has 0 heterocycles. The van der Waals surface area contributed by atoms with E-state index in [2.05, 4.69) is 26.6 Å². The van der Waals surface area contributed by atoms with Crippen LogP contribution in [-0.2, 0) is 9.59 Å². The lowest BCUT2D eigenvalue weighted by molar-refractivity contribution is -0.384. The Kier molecular flexibility index (Phi) is 7.50. The Balaban J connectivity index is 1.99. The van der Waals surface area contributed by atoms with Gasteiger partial charge >= 0.3 is 0 Å². The number of carbonyl (C=O) groups excluding carboxylic acids is 2.